The maximum atomic E-state index is 11.1. The predicted octanol–water partition coefficient (Wildman–Crippen LogP) is 0.487. The van der Waals surface area contributed by atoms with Crippen LogP contribution in [-0.4, -0.2) is 17.6 Å². The highest BCUT2D eigenvalue weighted by molar-refractivity contribution is 6.37. The predicted molar refractivity (Wildman–Crippen MR) is 53.6 cm³/mol. The Morgan fingerprint density at radius 2 is 1.87 bits per heavy atom. The summed E-state index contributed by atoms with van der Waals surface area (Å²) in [5.74, 6) is -1.90. The van der Waals surface area contributed by atoms with Crippen LogP contribution < -0.4 is 10.5 Å². The summed E-state index contributed by atoms with van der Waals surface area (Å²) in [6, 6.07) is 8.22. The first kappa shape index (κ1) is 10.9. The van der Waals surface area contributed by atoms with Gasteiger partial charge in [-0.1, -0.05) is 18.2 Å². The molecule has 15 heavy (non-hydrogen) atoms. The van der Waals surface area contributed by atoms with Crippen molar-refractivity contribution in [1.82, 2.24) is 0 Å². The number of Topliss-reactive ketones (excluding diaryl/α,β-unsaturated/α-hetero) is 1. The van der Waals surface area contributed by atoms with Gasteiger partial charge < -0.3 is 10.5 Å². The number of carbonyl (C=O) groups excluding carboxylic acids is 2. The third-order valence-corrected chi connectivity index (χ3v) is 1.53. The number of esters is 1. The third-order valence-electron chi connectivity index (χ3n) is 1.53. The molecule has 0 saturated carbocycles. The van der Waals surface area contributed by atoms with E-state index in [-0.39, 0.29) is 5.84 Å². The second-order valence-corrected chi connectivity index (χ2v) is 2.83. The molecule has 0 aromatic heterocycles. The van der Waals surface area contributed by atoms with E-state index >= 15 is 0 Å². The van der Waals surface area contributed by atoms with Gasteiger partial charge in [0.2, 0.25) is 5.78 Å². The Kier molecular flexibility index (Phi) is 3.56. The van der Waals surface area contributed by atoms with Gasteiger partial charge in [0.25, 0.3) is 0 Å². The molecule has 0 amide bonds. The molecular formula is C10H10N2O3. The van der Waals surface area contributed by atoms with Crippen molar-refractivity contribution in [2.24, 2.45) is 5.73 Å². The van der Waals surface area contributed by atoms with E-state index in [9.17, 15) is 9.59 Å². The van der Waals surface area contributed by atoms with E-state index in [0.717, 1.165) is 0 Å². The fourth-order valence-corrected chi connectivity index (χ4v) is 0.898. The van der Waals surface area contributed by atoms with Crippen molar-refractivity contribution >= 4 is 17.6 Å². The van der Waals surface area contributed by atoms with E-state index < -0.39 is 18.2 Å². The minimum Gasteiger partial charge on any atom is -0.421 e. The van der Waals surface area contributed by atoms with Crippen LogP contribution in [0.15, 0.2) is 30.3 Å². The van der Waals surface area contributed by atoms with Crippen LogP contribution in [0, 0.1) is 5.41 Å². The molecule has 0 aliphatic carbocycles. The second kappa shape index (κ2) is 4.90. The molecule has 0 unspecified atom stereocenters. The van der Waals surface area contributed by atoms with Gasteiger partial charge in [-0.15, -0.1) is 0 Å². The lowest BCUT2D eigenvalue weighted by Gasteiger charge is -2.01. The summed E-state index contributed by atoms with van der Waals surface area (Å²) >= 11 is 0. The number of hydrogen-bond acceptors (Lipinski definition) is 4. The van der Waals surface area contributed by atoms with Crippen LogP contribution in [0.4, 0.5) is 0 Å². The second-order valence-electron chi connectivity index (χ2n) is 2.83. The number of rotatable bonds is 4. The minimum atomic E-state index is -1.00. The van der Waals surface area contributed by atoms with Crippen LogP contribution >= 0.6 is 0 Å². The number of benzene rings is 1. The van der Waals surface area contributed by atoms with Gasteiger partial charge in [0.05, 0.1) is 12.3 Å². The van der Waals surface area contributed by atoms with Gasteiger partial charge in [-0.3, -0.25) is 10.2 Å². The van der Waals surface area contributed by atoms with Crippen molar-refractivity contribution in [2.45, 2.75) is 6.42 Å². The number of ketones is 1. The van der Waals surface area contributed by atoms with Crippen molar-refractivity contribution in [2.75, 3.05) is 0 Å². The lowest BCUT2D eigenvalue weighted by atomic mass is 10.2. The highest BCUT2D eigenvalue weighted by Gasteiger charge is 2.16. The van der Waals surface area contributed by atoms with Crippen LogP contribution in [0.2, 0.25) is 0 Å². The number of amidine groups is 1. The summed E-state index contributed by atoms with van der Waals surface area (Å²) < 4.78 is 4.74. The van der Waals surface area contributed by atoms with Crippen molar-refractivity contribution in [3.05, 3.63) is 30.3 Å². The Balaban J connectivity index is 2.56. The van der Waals surface area contributed by atoms with Gasteiger partial charge in [-0.05, 0) is 12.1 Å². The van der Waals surface area contributed by atoms with Gasteiger partial charge in [-0.2, -0.15) is 0 Å². The van der Waals surface area contributed by atoms with E-state index in [2.05, 4.69) is 0 Å². The van der Waals surface area contributed by atoms with Crippen molar-refractivity contribution in [3.63, 3.8) is 0 Å². The Morgan fingerprint density at radius 3 is 2.40 bits per heavy atom. The molecule has 1 aromatic rings. The van der Waals surface area contributed by atoms with Crippen LogP contribution in [-0.2, 0) is 9.59 Å². The lowest BCUT2D eigenvalue weighted by molar-refractivity contribution is -0.146. The molecule has 0 bridgehead atoms. The zero-order valence-corrected chi connectivity index (χ0v) is 7.90. The van der Waals surface area contributed by atoms with E-state index in [0.29, 0.717) is 5.75 Å². The molecule has 0 aliphatic rings. The Hall–Kier alpha value is -2.17. The van der Waals surface area contributed by atoms with Crippen molar-refractivity contribution in [3.8, 4) is 5.75 Å². The van der Waals surface area contributed by atoms with Crippen LogP contribution in [0.1, 0.15) is 6.42 Å². The molecule has 5 heteroatoms. The number of ether oxygens (including phenoxy) is 1. The van der Waals surface area contributed by atoms with E-state index in [1.807, 2.05) is 0 Å². The SMILES string of the molecule is N=C(N)CC(=O)C(=O)Oc1ccccc1. The van der Waals surface area contributed by atoms with Gasteiger partial charge in [-0.25, -0.2) is 4.79 Å². The number of nitrogens with two attached hydrogens (primary N) is 1. The fraction of sp³-hybridized carbons (Fsp3) is 0.100. The highest BCUT2D eigenvalue weighted by Crippen LogP contribution is 2.08. The number of hydrogen-bond donors (Lipinski definition) is 2. The molecule has 5 nitrogen and oxygen atoms in total. The molecule has 0 radical (unpaired) electrons. The van der Waals surface area contributed by atoms with Crippen molar-refractivity contribution in [1.29, 1.82) is 5.41 Å². The normalized spacial score (nSPS) is 9.33. The van der Waals surface area contributed by atoms with Crippen LogP contribution in [0.3, 0.4) is 0 Å². The summed E-state index contributed by atoms with van der Waals surface area (Å²) in [4.78, 5) is 22.2. The number of carbonyl (C=O) groups is 2. The first-order valence-electron chi connectivity index (χ1n) is 4.22. The zero-order valence-electron chi connectivity index (χ0n) is 7.90. The molecular weight excluding hydrogens is 196 g/mol. The van der Waals surface area contributed by atoms with E-state index in [1.165, 1.54) is 0 Å². The standard InChI is InChI=1S/C10H10N2O3/c11-9(12)6-8(13)10(14)15-7-4-2-1-3-5-7/h1-5H,6H2,(H3,11,12). The van der Waals surface area contributed by atoms with E-state index in [1.54, 1.807) is 30.3 Å². The topological polar surface area (TPSA) is 93.2 Å². The first-order valence-corrected chi connectivity index (χ1v) is 4.22. The fourth-order valence-electron chi connectivity index (χ4n) is 0.898. The quantitative estimate of drug-likeness (QED) is 0.246. The zero-order chi connectivity index (χ0) is 11.3. The Morgan fingerprint density at radius 1 is 1.27 bits per heavy atom. The maximum Gasteiger partial charge on any atom is 0.380 e. The summed E-state index contributed by atoms with van der Waals surface area (Å²) in [6.07, 6.45) is -0.411. The van der Waals surface area contributed by atoms with Gasteiger partial charge in [0.1, 0.15) is 5.75 Å². The highest BCUT2D eigenvalue weighted by atomic mass is 16.5. The minimum absolute atomic E-state index is 0.291. The Labute approximate surface area is 86.4 Å². The van der Waals surface area contributed by atoms with E-state index in [4.69, 9.17) is 15.9 Å². The molecule has 0 aliphatic heterocycles. The Bertz CT molecular complexity index is 387. The largest absolute Gasteiger partial charge is 0.421 e. The lowest BCUT2D eigenvalue weighted by Crippen LogP contribution is -2.25. The van der Waals surface area contributed by atoms with Crippen molar-refractivity contribution < 1.29 is 14.3 Å². The van der Waals surface area contributed by atoms with Crippen LogP contribution in [0.5, 0.6) is 5.75 Å². The summed E-state index contributed by atoms with van der Waals surface area (Å²) in [7, 11) is 0. The molecule has 1 rings (SSSR count). The summed E-state index contributed by atoms with van der Waals surface area (Å²) in [5.41, 5.74) is 4.98. The summed E-state index contributed by atoms with van der Waals surface area (Å²) in [6.45, 7) is 0. The first-order chi connectivity index (χ1) is 7.09. The molecule has 78 valence electrons. The van der Waals surface area contributed by atoms with Gasteiger partial charge in [0, 0.05) is 0 Å². The molecule has 3 N–H and O–H groups in total. The average molecular weight is 206 g/mol. The molecule has 0 heterocycles. The molecule has 0 saturated heterocycles. The van der Waals surface area contributed by atoms with Crippen LogP contribution in [0.25, 0.3) is 0 Å². The number of para-hydroxylation sites is 1. The monoisotopic (exact) mass is 206 g/mol. The molecule has 0 atom stereocenters. The molecule has 0 fully saturated rings. The third kappa shape index (κ3) is 3.60. The smallest absolute Gasteiger partial charge is 0.380 e. The number of nitrogens with one attached hydrogen (secondary N) is 1. The molecule has 1 aromatic carbocycles. The van der Waals surface area contributed by atoms with Gasteiger partial charge >= 0.3 is 5.97 Å². The summed E-state index contributed by atoms with van der Waals surface area (Å²) in [5, 5.41) is 6.85. The maximum absolute atomic E-state index is 11.1. The molecule has 0 spiro atoms. The van der Waals surface area contributed by atoms with Gasteiger partial charge in [0.15, 0.2) is 0 Å². The average Bonchev–Trinajstić information content (AvgIpc) is 2.18.